The fourth-order valence-corrected chi connectivity index (χ4v) is 4.39. The number of amides is 1. The second kappa shape index (κ2) is 7.28. The number of fused-ring (bicyclic) bond motifs is 2. The summed E-state index contributed by atoms with van der Waals surface area (Å²) in [7, 11) is 0. The highest BCUT2D eigenvalue weighted by molar-refractivity contribution is 9.10. The van der Waals surface area contributed by atoms with Gasteiger partial charge in [0.2, 0.25) is 5.95 Å². The normalized spacial score (nSPS) is 16.0. The zero-order valence-corrected chi connectivity index (χ0v) is 17.7. The van der Waals surface area contributed by atoms with Crippen molar-refractivity contribution in [3.8, 4) is 11.1 Å². The molecule has 0 spiro atoms. The predicted molar refractivity (Wildman–Crippen MR) is 113 cm³/mol. The molecule has 1 aromatic carbocycles. The summed E-state index contributed by atoms with van der Waals surface area (Å²) in [6.07, 6.45) is 5.51. The first kappa shape index (κ1) is 18.9. The Morgan fingerprint density at radius 2 is 2.03 bits per heavy atom. The zero-order valence-electron chi connectivity index (χ0n) is 16.1. The molecule has 0 aliphatic carbocycles. The van der Waals surface area contributed by atoms with E-state index in [4.69, 9.17) is 0 Å². The molecule has 0 radical (unpaired) electrons. The molecule has 150 valence electrons. The maximum absolute atomic E-state index is 14.3. The molecule has 0 fully saturated rings. The molecule has 1 atom stereocenters. The number of pyridine rings is 1. The lowest BCUT2D eigenvalue weighted by Crippen LogP contribution is -2.39. The molecule has 0 saturated heterocycles. The Morgan fingerprint density at radius 3 is 2.87 bits per heavy atom. The maximum Gasteiger partial charge on any atom is 0.274 e. The summed E-state index contributed by atoms with van der Waals surface area (Å²) in [6.45, 7) is 2.51. The van der Waals surface area contributed by atoms with Gasteiger partial charge < -0.3 is 4.90 Å². The Labute approximate surface area is 180 Å². The predicted octanol–water partition coefficient (Wildman–Crippen LogP) is 4.45. The van der Waals surface area contributed by atoms with E-state index in [1.54, 1.807) is 35.1 Å². The van der Waals surface area contributed by atoms with Crippen LogP contribution < -0.4 is 0 Å². The van der Waals surface area contributed by atoms with Crippen molar-refractivity contribution in [2.75, 3.05) is 6.54 Å². The highest BCUT2D eigenvalue weighted by Gasteiger charge is 2.31. The van der Waals surface area contributed by atoms with E-state index >= 15 is 0 Å². The largest absolute Gasteiger partial charge is 0.330 e. The number of hydrogen-bond donors (Lipinski definition) is 0. The van der Waals surface area contributed by atoms with Gasteiger partial charge in [-0.3, -0.25) is 4.79 Å². The van der Waals surface area contributed by atoms with Gasteiger partial charge in [-0.15, -0.1) is 0 Å². The minimum atomic E-state index is -0.486. The van der Waals surface area contributed by atoms with Crippen molar-refractivity contribution in [1.29, 1.82) is 0 Å². The minimum Gasteiger partial charge on any atom is -0.330 e. The average molecular weight is 466 g/mol. The van der Waals surface area contributed by atoms with Crippen molar-refractivity contribution < 1.29 is 9.18 Å². The molecule has 1 aliphatic rings. The minimum absolute atomic E-state index is 0.146. The van der Waals surface area contributed by atoms with E-state index in [9.17, 15) is 9.18 Å². The second-order valence-electron chi connectivity index (χ2n) is 7.24. The smallest absolute Gasteiger partial charge is 0.274 e. The molecule has 1 aliphatic heterocycles. The molecule has 1 amide bonds. The third-order valence-electron chi connectivity index (χ3n) is 5.54. The van der Waals surface area contributed by atoms with Gasteiger partial charge in [0.25, 0.3) is 5.91 Å². The summed E-state index contributed by atoms with van der Waals surface area (Å²) in [6, 6.07) is 10.8. The van der Waals surface area contributed by atoms with Crippen molar-refractivity contribution in [3.05, 3.63) is 82.2 Å². The van der Waals surface area contributed by atoms with Crippen molar-refractivity contribution in [2.45, 2.75) is 19.4 Å². The summed E-state index contributed by atoms with van der Waals surface area (Å²) in [5.74, 6) is -0.631. The lowest BCUT2D eigenvalue weighted by molar-refractivity contribution is 0.0671. The molecule has 8 heteroatoms. The van der Waals surface area contributed by atoms with Gasteiger partial charge >= 0.3 is 0 Å². The number of carbonyl (C=O) groups is 1. The third kappa shape index (κ3) is 3.08. The first-order valence-electron chi connectivity index (χ1n) is 9.57. The van der Waals surface area contributed by atoms with Crippen LogP contribution >= 0.6 is 15.9 Å². The Hall–Kier alpha value is -3.13. The maximum atomic E-state index is 14.3. The molecular weight excluding hydrogens is 449 g/mol. The first-order valence-corrected chi connectivity index (χ1v) is 10.4. The average Bonchev–Trinajstić information content (AvgIpc) is 3.17. The van der Waals surface area contributed by atoms with E-state index in [2.05, 4.69) is 31.0 Å². The molecule has 6 nitrogen and oxygen atoms in total. The number of aromatic nitrogens is 4. The highest BCUT2D eigenvalue weighted by atomic mass is 79.9. The lowest BCUT2D eigenvalue weighted by Gasteiger charge is -2.36. The fourth-order valence-electron chi connectivity index (χ4n) is 4.09. The van der Waals surface area contributed by atoms with Crippen molar-refractivity contribution in [3.63, 3.8) is 0 Å². The van der Waals surface area contributed by atoms with Gasteiger partial charge in [-0.2, -0.15) is 9.49 Å². The van der Waals surface area contributed by atoms with Crippen LogP contribution in [0.1, 0.15) is 34.6 Å². The van der Waals surface area contributed by atoms with Crippen molar-refractivity contribution in [1.82, 2.24) is 24.5 Å². The van der Waals surface area contributed by atoms with Crippen LogP contribution in [0.15, 0.2) is 59.5 Å². The van der Waals surface area contributed by atoms with E-state index in [1.807, 2.05) is 30.0 Å². The Morgan fingerprint density at radius 1 is 1.20 bits per heavy atom. The van der Waals surface area contributed by atoms with Crippen LogP contribution in [0.2, 0.25) is 0 Å². The number of hydrogen-bond acceptors (Lipinski definition) is 4. The molecule has 5 rings (SSSR count). The molecule has 0 saturated carbocycles. The van der Waals surface area contributed by atoms with Gasteiger partial charge in [-0.25, -0.2) is 14.5 Å². The summed E-state index contributed by atoms with van der Waals surface area (Å²) >= 11 is 3.36. The van der Waals surface area contributed by atoms with E-state index in [0.29, 0.717) is 29.9 Å². The molecule has 0 N–H and O–H groups in total. The van der Waals surface area contributed by atoms with Gasteiger partial charge in [0, 0.05) is 36.8 Å². The number of halogens is 2. The molecule has 3 aromatic heterocycles. The van der Waals surface area contributed by atoms with E-state index < -0.39 is 5.95 Å². The van der Waals surface area contributed by atoms with Crippen molar-refractivity contribution >= 4 is 27.5 Å². The van der Waals surface area contributed by atoms with Crippen LogP contribution in [0.4, 0.5) is 4.39 Å². The summed E-state index contributed by atoms with van der Waals surface area (Å²) in [5.41, 5.74) is 4.35. The van der Waals surface area contributed by atoms with E-state index in [0.717, 1.165) is 21.2 Å². The van der Waals surface area contributed by atoms with Crippen LogP contribution in [0.5, 0.6) is 0 Å². The Kier molecular flexibility index (Phi) is 4.58. The van der Waals surface area contributed by atoms with E-state index in [-0.39, 0.29) is 11.9 Å². The molecular formula is C22H17BrFN5O. The van der Waals surface area contributed by atoms with Gasteiger partial charge in [0.15, 0.2) is 11.3 Å². The first-order chi connectivity index (χ1) is 14.5. The molecule has 0 bridgehead atoms. The molecule has 1 unspecified atom stereocenters. The molecule has 4 aromatic rings. The molecule has 30 heavy (non-hydrogen) atoms. The number of nitrogens with zero attached hydrogens (tertiary/aromatic N) is 5. The van der Waals surface area contributed by atoms with Crippen LogP contribution in [0.25, 0.3) is 16.8 Å². The van der Waals surface area contributed by atoms with Gasteiger partial charge in [0.1, 0.15) is 0 Å². The standard InChI is InChI=1S/C22H17BrFN5O/c1-13-15-4-2-5-16(18-6-3-8-25-21(18)24)17(15)7-9-28(13)22(30)19-10-20-26-11-14(23)12-29(20)27-19/h2-6,8,10-13H,7,9H2,1H3. The number of carbonyl (C=O) groups excluding carboxylic acids is 1. The summed E-state index contributed by atoms with van der Waals surface area (Å²) in [5, 5.41) is 4.39. The monoisotopic (exact) mass is 465 g/mol. The van der Waals surface area contributed by atoms with Gasteiger partial charge in [-0.1, -0.05) is 18.2 Å². The number of benzene rings is 1. The second-order valence-corrected chi connectivity index (χ2v) is 8.16. The summed E-state index contributed by atoms with van der Waals surface area (Å²) < 4.78 is 16.7. The topological polar surface area (TPSA) is 63.4 Å². The highest BCUT2D eigenvalue weighted by Crippen LogP contribution is 2.36. The van der Waals surface area contributed by atoms with Crippen LogP contribution in [-0.4, -0.2) is 36.9 Å². The summed E-state index contributed by atoms with van der Waals surface area (Å²) in [4.78, 5) is 23.1. The molecule has 4 heterocycles. The third-order valence-corrected chi connectivity index (χ3v) is 5.95. The zero-order chi connectivity index (χ0) is 20.8. The van der Waals surface area contributed by atoms with Gasteiger partial charge in [0.05, 0.1) is 10.5 Å². The quantitative estimate of drug-likeness (QED) is 0.410. The van der Waals surface area contributed by atoms with Crippen LogP contribution in [0, 0.1) is 5.95 Å². The van der Waals surface area contributed by atoms with Crippen LogP contribution in [-0.2, 0) is 6.42 Å². The van der Waals surface area contributed by atoms with Crippen molar-refractivity contribution in [2.24, 2.45) is 0 Å². The fraction of sp³-hybridized carbons (Fsp3) is 0.182. The SMILES string of the molecule is CC1c2cccc(-c3cccnc3F)c2CCN1C(=O)c1cc2ncc(Br)cn2n1. The van der Waals surface area contributed by atoms with E-state index in [1.165, 1.54) is 6.20 Å². The Balaban J connectivity index is 1.50. The lowest BCUT2D eigenvalue weighted by atomic mass is 9.87. The number of rotatable bonds is 2. The van der Waals surface area contributed by atoms with Crippen LogP contribution in [0.3, 0.4) is 0 Å². The van der Waals surface area contributed by atoms with Gasteiger partial charge in [-0.05, 0) is 58.1 Å². The Bertz CT molecular complexity index is 1290.